The second kappa shape index (κ2) is 9.61. The maximum atomic E-state index is 11.1. The Hall–Kier alpha value is -3.79. The van der Waals surface area contributed by atoms with Gasteiger partial charge < -0.3 is 4.74 Å². The fourth-order valence-corrected chi connectivity index (χ4v) is 3.02. The summed E-state index contributed by atoms with van der Waals surface area (Å²) in [5, 5.41) is 25.9. The third-order valence-electron chi connectivity index (χ3n) is 3.98. The number of hydrazone groups is 1. The van der Waals surface area contributed by atoms with E-state index in [-0.39, 0.29) is 11.4 Å². The lowest BCUT2D eigenvalue weighted by molar-refractivity contribution is -0.393. The molecular weight excluding hydrogens is 456 g/mol. The quantitative estimate of drug-likeness (QED) is 0.271. The summed E-state index contributed by atoms with van der Waals surface area (Å²) in [4.78, 5) is 20.5. The molecule has 0 amide bonds. The van der Waals surface area contributed by atoms with E-state index in [0.29, 0.717) is 17.9 Å². The molecule has 0 saturated heterocycles. The Morgan fingerprint density at radius 1 is 1.00 bits per heavy atom. The highest BCUT2D eigenvalue weighted by molar-refractivity contribution is 9.10. The number of nitrogens with one attached hydrogen (secondary N) is 1. The van der Waals surface area contributed by atoms with Crippen LogP contribution in [0.3, 0.4) is 0 Å². The molecule has 0 bridgehead atoms. The number of non-ortho nitro benzene ring substituents is 1. The number of nitro benzene ring substituents is 2. The lowest BCUT2D eigenvalue weighted by Gasteiger charge is -2.09. The first kappa shape index (κ1) is 20.9. The Kier molecular flexibility index (Phi) is 6.71. The fraction of sp³-hybridized carbons (Fsp3) is 0.0500. The summed E-state index contributed by atoms with van der Waals surface area (Å²) in [6.07, 6.45) is 1.47. The van der Waals surface area contributed by atoms with Crippen LogP contribution in [0, 0.1) is 20.2 Å². The van der Waals surface area contributed by atoms with E-state index in [0.717, 1.165) is 16.1 Å². The van der Waals surface area contributed by atoms with Crippen LogP contribution in [0.1, 0.15) is 11.1 Å². The van der Waals surface area contributed by atoms with Crippen molar-refractivity contribution in [2.75, 3.05) is 5.43 Å². The molecule has 0 atom stereocenters. The average molecular weight is 471 g/mol. The minimum atomic E-state index is -0.708. The number of ether oxygens (including phenoxy) is 1. The first-order valence-electron chi connectivity index (χ1n) is 8.62. The van der Waals surface area contributed by atoms with Gasteiger partial charge in [-0.25, -0.2) is 0 Å². The smallest absolute Gasteiger partial charge is 0.301 e. The molecule has 0 spiro atoms. The third-order valence-corrected chi connectivity index (χ3v) is 4.60. The van der Waals surface area contributed by atoms with Gasteiger partial charge in [-0.1, -0.05) is 30.3 Å². The summed E-state index contributed by atoms with van der Waals surface area (Å²) < 4.78 is 6.51. The van der Waals surface area contributed by atoms with Crippen molar-refractivity contribution >= 4 is 39.2 Å². The van der Waals surface area contributed by atoms with Crippen molar-refractivity contribution < 1.29 is 14.6 Å². The molecule has 152 valence electrons. The summed E-state index contributed by atoms with van der Waals surface area (Å²) >= 11 is 3.45. The monoisotopic (exact) mass is 470 g/mol. The van der Waals surface area contributed by atoms with Gasteiger partial charge in [-0.2, -0.15) is 5.10 Å². The van der Waals surface area contributed by atoms with Crippen LogP contribution in [0.15, 0.2) is 76.3 Å². The molecule has 3 aromatic carbocycles. The van der Waals surface area contributed by atoms with E-state index in [1.54, 1.807) is 18.2 Å². The van der Waals surface area contributed by atoms with Gasteiger partial charge in [-0.05, 0) is 51.3 Å². The summed E-state index contributed by atoms with van der Waals surface area (Å²) in [6, 6.07) is 18.4. The van der Waals surface area contributed by atoms with Gasteiger partial charge in [0.25, 0.3) is 5.69 Å². The number of hydrogen-bond donors (Lipinski definition) is 1. The van der Waals surface area contributed by atoms with Crippen LogP contribution in [-0.2, 0) is 6.61 Å². The van der Waals surface area contributed by atoms with Crippen LogP contribution in [0.2, 0.25) is 0 Å². The summed E-state index contributed by atoms with van der Waals surface area (Å²) in [5.74, 6) is 0.662. The fourth-order valence-electron chi connectivity index (χ4n) is 2.51. The number of halogens is 1. The van der Waals surface area contributed by atoms with Crippen LogP contribution in [-0.4, -0.2) is 16.1 Å². The number of nitro groups is 2. The lowest BCUT2D eigenvalue weighted by Crippen LogP contribution is -1.99. The van der Waals surface area contributed by atoms with E-state index < -0.39 is 15.5 Å². The highest BCUT2D eigenvalue weighted by Crippen LogP contribution is 2.29. The second-order valence-electron chi connectivity index (χ2n) is 6.05. The molecule has 0 saturated carbocycles. The van der Waals surface area contributed by atoms with Crippen LogP contribution in [0.5, 0.6) is 5.75 Å². The van der Waals surface area contributed by atoms with Crippen LogP contribution in [0.25, 0.3) is 0 Å². The summed E-state index contributed by atoms with van der Waals surface area (Å²) in [7, 11) is 0. The minimum Gasteiger partial charge on any atom is -0.488 e. The molecule has 0 heterocycles. The van der Waals surface area contributed by atoms with Crippen molar-refractivity contribution in [1.82, 2.24) is 0 Å². The third kappa shape index (κ3) is 5.39. The maximum Gasteiger partial charge on any atom is 0.301 e. The van der Waals surface area contributed by atoms with Crippen molar-refractivity contribution in [3.63, 3.8) is 0 Å². The molecule has 30 heavy (non-hydrogen) atoms. The van der Waals surface area contributed by atoms with Crippen molar-refractivity contribution in [3.05, 3.63) is 103 Å². The van der Waals surface area contributed by atoms with Crippen LogP contribution >= 0.6 is 15.9 Å². The molecule has 0 radical (unpaired) electrons. The summed E-state index contributed by atoms with van der Waals surface area (Å²) in [5.41, 5.74) is 3.55. The zero-order valence-corrected chi connectivity index (χ0v) is 17.0. The minimum absolute atomic E-state index is 0.0451. The molecule has 0 aliphatic rings. The average Bonchev–Trinajstić information content (AvgIpc) is 2.73. The van der Waals surface area contributed by atoms with Gasteiger partial charge in [0.05, 0.1) is 26.6 Å². The molecule has 10 heteroatoms. The maximum absolute atomic E-state index is 11.1. The van der Waals surface area contributed by atoms with Gasteiger partial charge in [0.15, 0.2) is 0 Å². The Morgan fingerprint density at radius 3 is 2.43 bits per heavy atom. The van der Waals surface area contributed by atoms with Crippen molar-refractivity contribution in [2.45, 2.75) is 6.61 Å². The van der Waals surface area contributed by atoms with Crippen molar-refractivity contribution in [2.24, 2.45) is 5.10 Å². The van der Waals surface area contributed by atoms with Gasteiger partial charge in [-0.15, -0.1) is 0 Å². The number of rotatable bonds is 8. The van der Waals surface area contributed by atoms with Gasteiger partial charge in [-0.3, -0.25) is 25.7 Å². The predicted octanol–water partition coefficient (Wildman–Crippen LogP) is 5.29. The molecule has 0 aromatic heterocycles. The van der Waals surface area contributed by atoms with E-state index in [2.05, 4.69) is 26.5 Å². The van der Waals surface area contributed by atoms with E-state index >= 15 is 0 Å². The SMILES string of the molecule is O=[N+]([O-])c1ccc(N/N=C\c2ccc(OCc3ccccc3)c(Br)c2)c([N+](=O)[O-])c1. The molecule has 9 nitrogen and oxygen atoms in total. The second-order valence-corrected chi connectivity index (χ2v) is 6.90. The van der Waals surface area contributed by atoms with Gasteiger partial charge >= 0.3 is 5.69 Å². The summed E-state index contributed by atoms with van der Waals surface area (Å²) in [6.45, 7) is 0.429. The highest BCUT2D eigenvalue weighted by atomic mass is 79.9. The van der Waals surface area contributed by atoms with E-state index in [9.17, 15) is 20.2 Å². The van der Waals surface area contributed by atoms with Gasteiger partial charge in [0.2, 0.25) is 0 Å². The van der Waals surface area contributed by atoms with Gasteiger partial charge in [0, 0.05) is 6.07 Å². The zero-order valence-electron chi connectivity index (χ0n) is 15.4. The molecule has 0 aliphatic heterocycles. The van der Waals surface area contributed by atoms with E-state index in [1.165, 1.54) is 18.3 Å². The standard InChI is InChI=1S/C20H15BrN4O5/c21-17-10-15(6-9-20(17)30-13-14-4-2-1-3-5-14)12-22-23-18-8-7-16(24(26)27)11-19(18)25(28)29/h1-12,23H,13H2/b22-12-. The van der Waals surface area contributed by atoms with Crippen LogP contribution in [0.4, 0.5) is 17.1 Å². The van der Waals surface area contributed by atoms with E-state index in [4.69, 9.17) is 4.74 Å². The van der Waals surface area contributed by atoms with Crippen LogP contribution < -0.4 is 10.2 Å². The largest absolute Gasteiger partial charge is 0.488 e. The number of benzene rings is 3. The van der Waals surface area contributed by atoms with E-state index in [1.807, 2.05) is 30.3 Å². The first-order valence-corrected chi connectivity index (χ1v) is 9.41. The van der Waals surface area contributed by atoms with Crippen molar-refractivity contribution in [3.8, 4) is 5.75 Å². The number of anilines is 1. The number of hydrogen-bond acceptors (Lipinski definition) is 7. The van der Waals surface area contributed by atoms with Crippen molar-refractivity contribution in [1.29, 1.82) is 0 Å². The molecule has 3 aromatic rings. The molecule has 0 fully saturated rings. The van der Waals surface area contributed by atoms with Gasteiger partial charge in [0.1, 0.15) is 18.0 Å². The molecule has 0 unspecified atom stereocenters. The Balaban J connectivity index is 1.67. The first-order chi connectivity index (χ1) is 14.4. The topological polar surface area (TPSA) is 120 Å². The highest BCUT2D eigenvalue weighted by Gasteiger charge is 2.19. The molecule has 3 rings (SSSR count). The zero-order chi connectivity index (χ0) is 21.5. The Bertz CT molecular complexity index is 1110. The number of nitrogens with zero attached hydrogens (tertiary/aromatic N) is 3. The molecule has 1 N–H and O–H groups in total. The normalized spacial score (nSPS) is 10.7. The molecular formula is C20H15BrN4O5. The lowest BCUT2D eigenvalue weighted by atomic mass is 10.2. The molecule has 0 aliphatic carbocycles. The Labute approximate surface area is 179 Å². The Morgan fingerprint density at radius 2 is 1.77 bits per heavy atom. The predicted molar refractivity (Wildman–Crippen MR) is 116 cm³/mol.